The zero-order chi connectivity index (χ0) is 11.1. The van der Waals surface area contributed by atoms with Crippen LogP contribution in [0.2, 0.25) is 0 Å². The zero-order valence-corrected chi connectivity index (χ0v) is 8.86. The number of carboxylic acids is 1. The van der Waals surface area contributed by atoms with Crippen molar-refractivity contribution in [3.8, 4) is 0 Å². The van der Waals surface area contributed by atoms with Crippen LogP contribution < -0.4 is 0 Å². The molecule has 0 saturated carbocycles. The van der Waals surface area contributed by atoms with Crippen LogP contribution in [0.15, 0.2) is 37.0 Å². The lowest BCUT2D eigenvalue weighted by atomic mass is 9.85. The van der Waals surface area contributed by atoms with Gasteiger partial charge in [-0.25, -0.2) is 0 Å². The van der Waals surface area contributed by atoms with Crippen LogP contribution in [0.1, 0.15) is 20.3 Å². The molecule has 0 spiro atoms. The van der Waals surface area contributed by atoms with Crippen molar-refractivity contribution < 1.29 is 9.90 Å². The summed E-state index contributed by atoms with van der Waals surface area (Å²) >= 11 is 0. The van der Waals surface area contributed by atoms with Crippen LogP contribution in [-0.4, -0.2) is 11.1 Å². The Balaban J connectivity index is 4.77. The fourth-order valence-corrected chi connectivity index (χ4v) is 1.41. The van der Waals surface area contributed by atoms with E-state index in [2.05, 4.69) is 13.2 Å². The maximum atomic E-state index is 10.7. The van der Waals surface area contributed by atoms with Gasteiger partial charge >= 0.3 is 5.97 Å². The fourth-order valence-electron chi connectivity index (χ4n) is 1.41. The number of carbonyl (C=O) groups is 1. The second kappa shape index (κ2) is 6.19. The highest BCUT2D eigenvalue weighted by Crippen LogP contribution is 2.24. The third-order valence-corrected chi connectivity index (χ3v) is 2.17. The van der Waals surface area contributed by atoms with E-state index in [-0.39, 0.29) is 18.3 Å². The molecular formula is C12H18O2. The van der Waals surface area contributed by atoms with Crippen LogP contribution in [0.3, 0.4) is 0 Å². The second-order valence-corrected chi connectivity index (χ2v) is 3.55. The van der Waals surface area contributed by atoms with E-state index in [0.717, 1.165) is 5.57 Å². The maximum Gasteiger partial charge on any atom is 0.303 e. The van der Waals surface area contributed by atoms with Gasteiger partial charge in [0.25, 0.3) is 0 Å². The molecule has 0 aliphatic carbocycles. The summed E-state index contributed by atoms with van der Waals surface area (Å²) in [7, 11) is 0. The summed E-state index contributed by atoms with van der Waals surface area (Å²) in [6, 6.07) is 0. The highest BCUT2D eigenvalue weighted by Gasteiger charge is 2.19. The molecule has 78 valence electrons. The van der Waals surface area contributed by atoms with Gasteiger partial charge in [-0.05, 0) is 17.4 Å². The van der Waals surface area contributed by atoms with Crippen molar-refractivity contribution in [2.24, 2.45) is 11.8 Å². The quantitative estimate of drug-likeness (QED) is 0.660. The van der Waals surface area contributed by atoms with Crippen molar-refractivity contribution in [1.82, 2.24) is 0 Å². The van der Waals surface area contributed by atoms with E-state index in [1.807, 2.05) is 19.9 Å². The number of aliphatic carboxylic acids is 1. The molecule has 0 aliphatic heterocycles. The molecule has 0 fully saturated rings. The van der Waals surface area contributed by atoms with Gasteiger partial charge in [-0.1, -0.05) is 45.2 Å². The molecule has 0 radical (unpaired) electrons. The number of allylic oxidation sites excluding steroid dienone is 4. The van der Waals surface area contributed by atoms with Crippen LogP contribution in [0, 0.1) is 11.8 Å². The second-order valence-electron chi connectivity index (χ2n) is 3.55. The summed E-state index contributed by atoms with van der Waals surface area (Å²) in [6.07, 6.45) is 5.33. The summed E-state index contributed by atoms with van der Waals surface area (Å²) in [4.78, 5) is 10.7. The van der Waals surface area contributed by atoms with Crippen molar-refractivity contribution >= 4 is 5.97 Å². The molecule has 0 aromatic heterocycles. The van der Waals surface area contributed by atoms with Crippen molar-refractivity contribution in [3.05, 3.63) is 37.0 Å². The average Bonchev–Trinajstić information content (AvgIpc) is 2.10. The third-order valence-electron chi connectivity index (χ3n) is 2.17. The fraction of sp³-hybridized carbons (Fsp3) is 0.417. The van der Waals surface area contributed by atoms with Crippen molar-refractivity contribution in [3.63, 3.8) is 0 Å². The molecule has 1 unspecified atom stereocenters. The molecule has 1 atom stereocenters. The molecule has 0 bridgehead atoms. The lowest BCUT2D eigenvalue weighted by Gasteiger charge is -2.19. The Hall–Kier alpha value is -1.31. The SMILES string of the molecule is C=C/C=C(\C=C)C(CC(=O)O)C(C)C. The standard InChI is InChI=1S/C12H18O2/c1-5-7-10(6-2)11(9(3)4)8-12(13)14/h5-7,9,11H,1-2,8H2,3-4H3,(H,13,14)/b10-7+. The summed E-state index contributed by atoms with van der Waals surface area (Å²) in [6.45, 7) is 11.3. The molecular weight excluding hydrogens is 176 g/mol. The van der Waals surface area contributed by atoms with Gasteiger partial charge < -0.3 is 5.11 Å². The monoisotopic (exact) mass is 194 g/mol. The van der Waals surface area contributed by atoms with E-state index in [1.165, 1.54) is 0 Å². The summed E-state index contributed by atoms with van der Waals surface area (Å²) < 4.78 is 0. The molecule has 0 heterocycles. The van der Waals surface area contributed by atoms with Gasteiger partial charge in [0, 0.05) is 0 Å². The molecule has 2 nitrogen and oxygen atoms in total. The molecule has 2 heteroatoms. The molecule has 14 heavy (non-hydrogen) atoms. The number of rotatable bonds is 6. The van der Waals surface area contributed by atoms with Crippen LogP contribution >= 0.6 is 0 Å². The van der Waals surface area contributed by atoms with E-state index in [1.54, 1.807) is 12.2 Å². The van der Waals surface area contributed by atoms with Crippen LogP contribution in [0.4, 0.5) is 0 Å². The van der Waals surface area contributed by atoms with Crippen LogP contribution in [-0.2, 0) is 4.79 Å². The summed E-state index contributed by atoms with van der Waals surface area (Å²) in [5.74, 6) is -0.473. The summed E-state index contributed by atoms with van der Waals surface area (Å²) in [5.41, 5.74) is 0.942. The van der Waals surface area contributed by atoms with Gasteiger partial charge in [-0.15, -0.1) is 0 Å². The Bertz CT molecular complexity index is 249. The first-order chi connectivity index (χ1) is 6.52. The minimum Gasteiger partial charge on any atom is -0.481 e. The molecule has 0 saturated heterocycles. The largest absolute Gasteiger partial charge is 0.481 e. The molecule has 0 aromatic rings. The smallest absolute Gasteiger partial charge is 0.303 e. The van der Waals surface area contributed by atoms with E-state index in [9.17, 15) is 4.79 Å². The predicted molar refractivity (Wildman–Crippen MR) is 59.1 cm³/mol. The minimum absolute atomic E-state index is 0.0167. The Morgan fingerprint density at radius 2 is 2.00 bits per heavy atom. The van der Waals surface area contributed by atoms with E-state index in [0.29, 0.717) is 0 Å². The highest BCUT2D eigenvalue weighted by molar-refractivity contribution is 5.67. The van der Waals surface area contributed by atoms with Gasteiger partial charge in [0.2, 0.25) is 0 Å². The van der Waals surface area contributed by atoms with Gasteiger partial charge in [0.05, 0.1) is 6.42 Å². The van der Waals surface area contributed by atoms with Crippen molar-refractivity contribution in [2.45, 2.75) is 20.3 Å². The minimum atomic E-state index is -0.777. The van der Waals surface area contributed by atoms with Crippen LogP contribution in [0.5, 0.6) is 0 Å². The molecule has 0 amide bonds. The van der Waals surface area contributed by atoms with E-state index < -0.39 is 5.97 Å². The van der Waals surface area contributed by atoms with Gasteiger partial charge in [0.1, 0.15) is 0 Å². The number of hydrogen-bond donors (Lipinski definition) is 1. The Kier molecular flexibility index (Phi) is 5.61. The highest BCUT2D eigenvalue weighted by atomic mass is 16.4. The average molecular weight is 194 g/mol. The topological polar surface area (TPSA) is 37.3 Å². The molecule has 0 aromatic carbocycles. The van der Waals surface area contributed by atoms with E-state index >= 15 is 0 Å². The Labute approximate surface area is 85.6 Å². The van der Waals surface area contributed by atoms with Crippen molar-refractivity contribution in [1.29, 1.82) is 0 Å². The third kappa shape index (κ3) is 4.08. The number of carboxylic acid groups (broad SMARTS) is 1. The van der Waals surface area contributed by atoms with Crippen molar-refractivity contribution in [2.75, 3.05) is 0 Å². The van der Waals surface area contributed by atoms with Gasteiger partial charge in [-0.3, -0.25) is 4.79 Å². The first-order valence-electron chi connectivity index (χ1n) is 4.69. The normalized spacial score (nSPS) is 13.8. The first-order valence-corrected chi connectivity index (χ1v) is 4.69. The summed E-state index contributed by atoms with van der Waals surface area (Å²) in [5, 5.41) is 8.76. The molecule has 0 rings (SSSR count). The van der Waals surface area contributed by atoms with Gasteiger partial charge in [-0.2, -0.15) is 0 Å². The first kappa shape index (κ1) is 12.7. The maximum absolute atomic E-state index is 10.7. The lowest BCUT2D eigenvalue weighted by molar-refractivity contribution is -0.138. The van der Waals surface area contributed by atoms with Crippen LogP contribution in [0.25, 0.3) is 0 Å². The Morgan fingerprint density at radius 1 is 1.43 bits per heavy atom. The van der Waals surface area contributed by atoms with Gasteiger partial charge in [0.15, 0.2) is 0 Å². The zero-order valence-electron chi connectivity index (χ0n) is 8.86. The number of hydrogen-bond acceptors (Lipinski definition) is 1. The molecule has 1 N–H and O–H groups in total. The lowest BCUT2D eigenvalue weighted by Crippen LogP contribution is -2.15. The van der Waals surface area contributed by atoms with E-state index in [4.69, 9.17) is 5.11 Å². The predicted octanol–water partition coefficient (Wildman–Crippen LogP) is 3.03. The molecule has 0 aliphatic rings. The Morgan fingerprint density at radius 3 is 2.29 bits per heavy atom.